The molecule has 19 heavy (non-hydrogen) atoms. The van der Waals surface area contributed by atoms with E-state index in [2.05, 4.69) is 31.9 Å². The average Bonchev–Trinajstić information content (AvgIpc) is 2.81. The van der Waals surface area contributed by atoms with E-state index >= 15 is 0 Å². The van der Waals surface area contributed by atoms with Crippen LogP contribution in [-0.2, 0) is 16.6 Å². The summed E-state index contributed by atoms with van der Waals surface area (Å²) in [6.45, 7) is 0.192. The van der Waals surface area contributed by atoms with Crippen molar-refractivity contribution in [1.82, 2.24) is 4.31 Å². The molecule has 7 heteroatoms. The predicted octanol–water partition coefficient (Wildman–Crippen LogP) is 3.63. The number of halogens is 2. The summed E-state index contributed by atoms with van der Waals surface area (Å²) in [4.78, 5) is 0.227. The minimum Gasteiger partial charge on any atom is -0.468 e. The van der Waals surface area contributed by atoms with E-state index in [-0.39, 0.29) is 11.4 Å². The first-order valence-corrected chi connectivity index (χ1v) is 8.37. The second-order valence-electron chi connectivity index (χ2n) is 3.92. The van der Waals surface area contributed by atoms with Gasteiger partial charge in [-0.3, -0.25) is 0 Å². The SMILES string of the molecule is CN(Cc1ccco1)S(=O)(=O)c1ccc(Br)cc1Br. The number of furan rings is 1. The Morgan fingerprint density at radius 3 is 2.58 bits per heavy atom. The quantitative estimate of drug-likeness (QED) is 0.776. The van der Waals surface area contributed by atoms with E-state index in [4.69, 9.17) is 4.42 Å². The molecule has 0 saturated heterocycles. The molecule has 0 amide bonds. The number of rotatable bonds is 4. The third-order valence-electron chi connectivity index (χ3n) is 2.54. The second-order valence-corrected chi connectivity index (χ2v) is 7.70. The fourth-order valence-electron chi connectivity index (χ4n) is 1.56. The van der Waals surface area contributed by atoms with Crippen molar-refractivity contribution in [2.45, 2.75) is 11.4 Å². The van der Waals surface area contributed by atoms with Gasteiger partial charge < -0.3 is 4.42 Å². The van der Waals surface area contributed by atoms with Crippen LogP contribution in [0, 0.1) is 0 Å². The molecule has 0 fully saturated rings. The summed E-state index contributed by atoms with van der Waals surface area (Å²) in [6.07, 6.45) is 1.52. The maximum absolute atomic E-state index is 12.4. The first kappa shape index (κ1) is 14.8. The second kappa shape index (κ2) is 5.78. The van der Waals surface area contributed by atoms with Crippen molar-refractivity contribution >= 4 is 41.9 Å². The van der Waals surface area contributed by atoms with Gasteiger partial charge in [0.25, 0.3) is 0 Å². The Bertz CT molecular complexity index is 668. The monoisotopic (exact) mass is 407 g/mol. The normalized spacial score (nSPS) is 12.0. The van der Waals surface area contributed by atoms with Gasteiger partial charge >= 0.3 is 0 Å². The Hall–Kier alpha value is -0.630. The van der Waals surface area contributed by atoms with E-state index in [9.17, 15) is 8.42 Å². The molecule has 2 aromatic rings. The molecule has 0 aliphatic heterocycles. The first-order chi connectivity index (χ1) is 8.91. The van der Waals surface area contributed by atoms with Gasteiger partial charge in [-0.25, -0.2) is 8.42 Å². The molecule has 0 aliphatic carbocycles. The first-order valence-electron chi connectivity index (χ1n) is 5.35. The van der Waals surface area contributed by atoms with Crippen LogP contribution in [0.1, 0.15) is 5.76 Å². The van der Waals surface area contributed by atoms with Crippen molar-refractivity contribution in [2.24, 2.45) is 0 Å². The molecule has 0 aliphatic rings. The van der Waals surface area contributed by atoms with E-state index in [1.807, 2.05) is 0 Å². The molecule has 0 N–H and O–H groups in total. The molecule has 0 bridgehead atoms. The molecule has 102 valence electrons. The van der Waals surface area contributed by atoms with Crippen molar-refractivity contribution in [3.63, 3.8) is 0 Å². The highest BCUT2D eigenvalue weighted by Gasteiger charge is 2.24. The van der Waals surface area contributed by atoms with Crippen molar-refractivity contribution in [2.75, 3.05) is 7.05 Å². The zero-order valence-corrected chi connectivity index (χ0v) is 14.0. The van der Waals surface area contributed by atoms with Crippen LogP contribution in [0.2, 0.25) is 0 Å². The Morgan fingerprint density at radius 1 is 1.26 bits per heavy atom. The molecule has 0 spiro atoms. The zero-order valence-electron chi connectivity index (χ0n) is 10.0. The third-order valence-corrected chi connectivity index (χ3v) is 5.81. The third kappa shape index (κ3) is 3.28. The van der Waals surface area contributed by atoms with Crippen LogP contribution in [0.4, 0.5) is 0 Å². The maximum Gasteiger partial charge on any atom is 0.244 e. The van der Waals surface area contributed by atoms with E-state index in [1.165, 1.54) is 17.6 Å². The van der Waals surface area contributed by atoms with Gasteiger partial charge in [0, 0.05) is 16.0 Å². The smallest absolute Gasteiger partial charge is 0.244 e. The highest BCUT2D eigenvalue weighted by Crippen LogP contribution is 2.28. The van der Waals surface area contributed by atoms with Gasteiger partial charge in [0.05, 0.1) is 17.7 Å². The minimum absolute atomic E-state index is 0.192. The number of nitrogens with zero attached hydrogens (tertiary/aromatic N) is 1. The van der Waals surface area contributed by atoms with Gasteiger partial charge in [0.15, 0.2) is 0 Å². The standard InChI is InChI=1S/C12H11Br2NO3S/c1-15(8-10-3-2-6-18-10)19(16,17)12-5-4-9(13)7-11(12)14/h2-7H,8H2,1H3. The predicted molar refractivity (Wildman–Crippen MR) is 79.2 cm³/mol. The van der Waals surface area contributed by atoms with Crippen LogP contribution < -0.4 is 0 Å². The van der Waals surface area contributed by atoms with E-state index in [0.717, 1.165) is 4.47 Å². The van der Waals surface area contributed by atoms with Crippen LogP contribution >= 0.6 is 31.9 Å². The van der Waals surface area contributed by atoms with Gasteiger partial charge in [-0.2, -0.15) is 4.31 Å². The van der Waals surface area contributed by atoms with Gasteiger partial charge in [0.2, 0.25) is 10.0 Å². The summed E-state index contributed by atoms with van der Waals surface area (Å²) < 4.78 is 32.6. The van der Waals surface area contributed by atoms with Crippen molar-refractivity contribution in [1.29, 1.82) is 0 Å². The molecule has 1 heterocycles. The van der Waals surface area contributed by atoms with Gasteiger partial charge in [-0.1, -0.05) is 15.9 Å². The maximum atomic E-state index is 12.4. The van der Waals surface area contributed by atoms with Crippen molar-refractivity contribution in [3.8, 4) is 0 Å². The molecule has 0 atom stereocenters. The lowest BCUT2D eigenvalue weighted by atomic mass is 10.4. The Morgan fingerprint density at radius 2 is 2.00 bits per heavy atom. The van der Waals surface area contributed by atoms with Crippen LogP contribution in [0.5, 0.6) is 0 Å². The molecule has 0 saturated carbocycles. The van der Waals surface area contributed by atoms with Crippen LogP contribution in [0.15, 0.2) is 54.9 Å². The fraction of sp³-hybridized carbons (Fsp3) is 0.167. The highest BCUT2D eigenvalue weighted by atomic mass is 79.9. The van der Waals surface area contributed by atoms with E-state index < -0.39 is 10.0 Å². The Balaban J connectivity index is 2.31. The van der Waals surface area contributed by atoms with Gasteiger partial charge in [-0.15, -0.1) is 0 Å². The minimum atomic E-state index is -3.56. The summed E-state index contributed by atoms with van der Waals surface area (Å²) in [7, 11) is -2.04. The molecule has 0 unspecified atom stereocenters. The highest BCUT2D eigenvalue weighted by molar-refractivity contribution is 9.11. The largest absolute Gasteiger partial charge is 0.468 e. The number of hydrogen-bond acceptors (Lipinski definition) is 3. The molecular weight excluding hydrogens is 398 g/mol. The molecule has 1 aromatic heterocycles. The summed E-state index contributed by atoms with van der Waals surface area (Å²) in [5.41, 5.74) is 0. The zero-order chi connectivity index (χ0) is 14.0. The Labute approximate surface area is 128 Å². The molecule has 2 rings (SSSR count). The molecule has 0 radical (unpaired) electrons. The average molecular weight is 409 g/mol. The van der Waals surface area contributed by atoms with E-state index in [0.29, 0.717) is 10.2 Å². The number of hydrogen-bond donors (Lipinski definition) is 0. The summed E-state index contributed by atoms with van der Waals surface area (Å²) in [6, 6.07) is 8.42. The number of sulfonamides is 1. The summed E-state index contributed by atoms with van der Waals surface area (Å²) in [5.74, 6) is 0.597. The van der Waals surface area contributed by atoms with Gasteiger partial charge in [-0.05, 0) is 46.3 Å². The molecule has 4 nitrogen and oxygen atoms in total. The van der Waals surface area contributed by atoms with Gasteiger partial charge in [0.1, 0.15) is 5.76 Å². The molecular formula is C12H11Br2NO3S. The topological polar surface area (TPSA) is 50.5 Å². The van der Waals surface area contributed by atoms with Crippen LogP contribution in [-0.4, -0.2) is 19.8 Å². The van der Waals surface area contributed by atoms with Crippen molar-refractivity contribution in [3.05, 3.63) is 51.3 Å². The van der Waals surface area contributed by atoms with Crippen LogP contribution in [0.3, 0.4) is 0 Å². The summed E-state index contributed by atoms with van der Waals surface area (Å²) in [5, 5.41) is 0. The van der Waals surface area contributed by atoms with Crippen molar-refractivity contribution < 1.29 is 12.8 Å². The number of benzene rings is 1. The summed E-state index contributed by atoms with van der Waals surface area (Å²) >= 11 is 6.57. The lowest BCUT2D eigenvalue weighted by Crippen LogP contribution is -2.26. The lowest BCUT2D eigenvalue weighted by molar-refractivity contribution is 0.406. The fourth-order valence-corrected chi connectivity index (χ4v) is 4.40. The molecule has 1 aromatic carbocycles. The lowest BCUT2D eigenvalue weighted by Gasteiger charge is -2.17. The van der Waals surface area contributed by atoms with E-state index in [1.54, 1.807) is 30.3 Å². The Kier molecular flexibility index (Phi) is 4.50. The van der Waals surface area contributed by atoms with Crippen LogP contribution in [0.25, 0.3) is 0 Å².